The third kappa shape index (κ3) is 52.5. The summed E-state index contributed by atoms with van der Waals surface area (Å²) >= 11 is 0. The normalized spacial score (nSPS) is 14.4. The smallest absolute Gasteiger partial charge is 0.462 e. The van der Waals surface area contributed by atoms with Crippen molar-refractivity contribution in [2.45, 2.75) is 213 Å². The average molecular weight is 1050 g/mol. The average Bonchev–Trinajstić information content (AvgIpc) is 3.39. The molecule has 0 rings (SSSR count). The van der Waals surface area contributed by atoms with Gasteiger partial charge in [-0.2, -0.15) is 0 Å². The largest absolute Gasteiger partial charge is 0.472 e. The lowest BCUT2D eigenvalue weighted by molar-refractivity contribution is -0.161. The van der Waals surface area contributed by atoms with Gasteiger partial charge in [0.05, 0.1) is 19.8 Å². The summed E-state index contributed by atoms with van der Waals surface area (Å²) in [5.41, 5.74) is 0. The van der Waals surface area contributed by atoms with Crippen molar-refractivity contribution in [2.75, 3.05) is 26.4 Å². The third-order valence-corrected chi connectivity index (χ3v) is 12.0. The van der Waals surface area contributed by atoms with Gasteiger partial charge in [-0.1, -0.05) is 193 Å². The fourth-order valence-corrected chi connectivity index (χ4v) is 7.59. The van der Waals surface area contributed by atoms with Gasteiger partial charge < -0.3 is 24.2 Å². The number of carbonyl (C=O) groups is 3. The van der Waals surface area contributed by atoms with Crippen molar-refractivity contribution in [3.8, 4) is 0 Å². The van der Waals surface area contributed by atoms with Crippen molar-refractivity contribution < 1.29 is 52.2 Å². The van der Waals surface area contributed by atoms with Crippen LogP contribution in [-0.2, 0) is 42.2 Å². The zero-order valence-corrected chi connectivity index (χ0v) is 46.9. The lowest BCUT2D eigenvalue weighted by atomic mass is 10.1. The summed E-state index contributed by atoms with van der Waals surface area (Å²) < 4.78 is 39.4. The van der Waals surface area contributed by atoms with E-state index < -0.39 is 57.8 Å². The fraction of sp³-hybridized carbons (Fsp3) is 0.597. The zero-order chi connectivity index (χ0) is 54.1. The van der Waals surface area contributed by atoms with Gasteiger partial charge in [0.15, 0.2) is 6.10 Å². The van der Waals surface area contributed by atoms with E-state index in [0.717, 1.165) is 122 Å². The Morgan fingerprint density at radius 1 is 0.392 bits per heavy atom. The van der Waals surface area contributed by atoms with Crippen LogP contribution in [0.15, 0.2) is 134 Å². The van der Waals surface area contributed by atoms with Crippen LogP contribution in [0, 0.1) is 0 Å². The van der Waals surface area contributed by atoms with Crippen LogP contribution in [0.25, 0.3) is 0 Å². The number of hydrogen-bond acceptors (Lipinski definition) is 10. The molecule has 0 spiro atoms. The molecule has 0 fully saturated rings. The lowest BCUT2D eigenvalue weighted by Crippen LogP contribution is -2.30. The van der Waals surface area contributed by atoms with Gasteiger partial charge in [-0.25, -0.2) is 4.57 Å². The Morgan fingerprint density at radius 3 is 1.16 bits per heavy atom. The van der Waals surface area contributed by atoms with Crippen molar-refractivity contribution in [3.63, 3.8) is 0 Å². The molecule has 0 aliphatic carbocycles. The molecule has 0 bridgehead atoms. The van der Waals surface area contributed by atoms with E-state index >= 15 is 0 Å². The van der Waals surface area contributed by atoms with E-state index in [2.05, 4.69) is 142 Å². The van der Waals surface area contributed by atoms with Crippen molar-refractivity contribution >= 4 is 25.7 Å². The second kappa shape index (κ2) is 54.9. The SMILES string of the molecule is CC/C=C\C/C=C\C/C=C\C/C=C\C/C=C\CCCCCC(=O)OCC(COP(=O)(O)OCC(CO)OC(=O)CCCCCCC/C=C\CCCC)OC(=O)CCC/C=C\C/C=C\C/C=C\C/C=C\C/C=C\CC. The van der Waals surface area contributed by atoms with Gasteiger partial charge in [0.2, 0.25) is 0 Å². The number of aliphatic hydroxyl groups is 1. The van der Waals surface area contributed by atoms with Crippen LogP contribution in [0.2, 0.25) is 0 Å². The van der Waals surface area contributed by atoms with Crippen LogP contribution in [0.4, 0.5) is 0 Å². The fourth-order valence-electron chi connectivity index (χ4n) is 6.81. The molecule has 12 heteroatoms. The van der Waals surface area contributed by atoms with E-state index in [0.29, 0.717) is 25.7 Å². The molecular formula is C62H99O11P. The lowest BCUT2D eigenvalue weighted by Gasteiger charge is -2.21. The molecule has 0 heterocycles. The number of allylic oxidation sites excluding steroid dienone is 22. The third-order valence-electron chi connectivity index (χ3n) is 11.0. The van der Waals surface area contributed by atoms with Gasteiger partial charge in [-0.3, -0.25) is 23.4 Å². The number of esters is 3. The summed E-state index contributed by atoms with van der Waals surface area (Å²) in [4.78, 5) is 48.4. The summed E-state index contributed by atoms with van der Waals surface area (Å²) in [7, 11) is -4.78. The minimum absolute atomic E-state index is 0.0737. The van der Waals surface area contributed by atoms with Crippen LogP contribution in [-0.4, -0.2) is 66.5 Å². The predicted octanol–water partition coefficient (Wildman–Crippen LogP) is 16.6. The van der Waals surface area contributed by atoms with Gasteiger partial charge in [0.1, 0.15) is 12.7 Å². The monoisotopic (exact) mass is 1050 g/mol. The molecule has 3 atom stereocenters. The second-order valence-electron chi connectivity index (χ2n) is 18.0. The summed E-state index contributed by atoms with van der Waals surface area (Å²) in [6, 6.07) is 0. The van der Waals surface area contributed by atoms with Crippen LogP contribution < -0.4 is 0 Å². The second-order valence-corrected chi connectivity index (χ2v) is 19.4. The highest BCUT2D eigenvalue weighted by atomic mass is 31.2. The molecule has 0 amide bonds. The van der Waals surface area contributed by atoms with Crippen molar-refractivity contribution in [1.82, 2.24) is 0 Å². The van der Waals surface area contributed by atoms with E-state index in [9.17, 15) is 28.9 Å². The minimum Gasteiger partial charge on any atom is -0.462 e. The molecule has 0 aromatic heterocycles. The molecule has 3 unspecified atom stereocenters. The van der Waals surface area contributed by atoms with Crippen LogP contribution in [0.3, 0.4) is 0 Å². The van der Waals surface area contributed by atoms with Gasteiger partial charge in [-0.15, -0.1) is 0 Å². The first-order chi connectivity index (χ1) is 36.2. The molecule has 0 radical (unpaired) electrons. The molecule has 0 aliphatic rings. The molecule has 0 saturated carbocycles. The van der Waals surface area contributed by atoms with Crippen LogP contribution in [0.5, 0.6) is 0 Å². The molecule has 0 aromatic rings. The van der Waals surface area contributed by atoms with Crippen molar-refractivity contribution in [2.24, 2.45) is 0 Å². The molecular weight excluding hydrogens is 952 g/mol. The maximum Gasteiger partial charge on any atom is 0.472 e. The summed E-state index contributed by atoms with van der Waals surface area (Å²) in [5.74, 6) is -1.60. The molecule has 0 saturated heterocycles. The summed E-state index contributed by atoms with van der Waals surface area (Å²) in [6.07, 6.45) is 68.5. The highest BCUT2D eigenvalue weighted by Crippen LogP contribution is 2.43. The number of phosphoric acid groups is 1. The summed E-state index contributed by atoms with van der Waals surface area (Å²) in [5, 5.41) is 9.79. The Balaban J connectivity index is 4.91. The topological polar surface area (TPSA) is 155 Å². The van der Waals surface area contributed by atoms with Gasteiger partial charge >= 0.3 is 25.7 Å². The highest BCUT2D eigenvalue weighted by Gasteiger charge is 2.28. The molecule has 418 valence electrons. The van der Waals surface area contributed by atoms with E-state index in [1.54, 1.807) is 0 Å². The minimum atomic E-state index is -4.78. The number of aliphatic hydroxyl groups excluding tert-OH is 1. The molecule has 0 aromatic carbocycles. The Labute approximate surface area is 449 Å². The Morgan fingerprint density at radius 2 is 0.716 bits per heavy atom. The summed E-state index contributed by atoms with van der Waals surface area (Å²) in [6.45, 7) is 4.23. The molecule has 74 heavy (non-hydrogen) atoms. The van der Waals surface area contributed by atoms with Crippen molar-refractivity contribution in [1.29, 1.82) is 0 Å². The van der Waals surface area contributed by atoms with E-state index in [-0.39, 0.29) is 25.9 Å². The van der Waals surface area contributed by atoms with E-state index in [1.165, 1.54) is 12.8 Å². The molecule has 0 aliphatic heterocycles. The van der Waals surface area contributed by atoms with Crippen molar-refractivity contribution in [3.05, 3.63) is 134 Å². The number of phosphoric ester groups is 1. The molecule has 2 N–H and O–H groups in total. The van der Waals surface area contributed by atoms with E-state index in [1.807, 2.05) is 12.2 Å². The predicted molar refractivity (Wildman–Crippen MR) is 306 cm³/mol. The standard InChI is InChI=1S/C62H99O11P/c1-4-7-10-13-16-19-22-24-26-28-29-31-32-34-37-39-42-45-48-51-60(64)69-55-59(73-62(66)53-50-47-44-41-38-35-33-30-27-25-23-20-17-14-11-8-5-2)57-71-74(67,68)70-56-58(54-63)72-61(65)52-49-46-43-40-36-21-18-15-12-9-6-3/h7-8,10-11,15-20,24-27,29,31,33-35,37,41,44,58-59,63H,4-6,9,12-14,21-23,28,30,32,36,38-40,42-43,45-57H2,1-3H3,(H,67,68)/b10-7-,11-8-,18-15-,19-16-,20-17-,26-24-,27-25-,31-29-,35-33-,37-34-,44-41-. The zero-order valence-electron chi connectivity index (χ0n) is 46.0. The van der Waals surface area contributed by atoms with Gasteiger partial charge in [0.25, 0.3) is 0 Å². The van der Waals surface area contributed by atoms with Crippen LogP contribution >= 0.6 is 7.82 Å². The number of ether oxygens (including phenoxy) is 3. The number of carbonyl (C=O) groups excluding carboxylic acids is 3. The van der Waals surface area contributed by atoms with Crippen LogP contribution in [0.1, 0.15) is 201 Å². The maximum absolute atomic E-state index is 12.9. The number of unbranched alkanes of at least 4 members (excludes halogenated alkanes) is 11. The molecule has 11 nitrogen and oxygen atoms in total. The maximum atomic E-state index is 12.9. The number of rotatable bonds is 50. The Bertz CT molecular complexity index is 1750. The van der Waals surface area contributed by atoms with Gasteiger partial charge in [0, 0.05) is 19.3 Å². The number of hydrogen-bond donors (Lipinski definition) is 2. The quantitative estimate of drug-likeness (QED) is 0.0197. The first-order valence-electron chi connectivity index (χ1n) is 28.1. The Kier molecular flexibility index (Phi) is 51.6. The first kappa shape index (κ1) is 69.6. The Hall–Kier alpha value is -4.38. The van der Waals surface area contributed by atoms with Gasteiger partial charge in [-0.05, 0) is 122 Å². The highest BCUT2D eigenvalue weighted by molar-refractivity contribution is 7.47. The van der Waals surface area contributed by atoms with E-state index in [4.69, 9.17) is 23.3 Å². The first-order valence-corrected chi connectivity index (χ1v) is 29.6.